The van der Waals surface area contributed by atoms with Crippen molar-refractivity contribution >= 4 is 37.8 Å². The van der Waals surface area contributed by atoms with Crippen LogP contribution in [0.25, 0.3) is 0 Å². The van der Waals surface area contributed by atoms with E-state index in [0.29, 0.717) is 41.3 Å². The first-order valence-corrected chi connectivity index (χ1v) is 9.69. The highest BCUT2D eigenvalue weighted by atomic mass is 79.9. The van der Waals surface area contributed by atoms with E-state index in [0.717, 1.165) is 10.2 Å². The molecule has 0 heterocycles. The standard InChI is InChI=1S/C19H21Br2NO4/c1-4-25-18-16(21)11-13(12-17(18)24-3)19(23)22(2)9-10-26-15-7-5-14(20)6-8-15/h5-8,11-12H,4,9-10H2,1-3H3. The summed E-state index contributed by atoms with van der Waals surface area (Å²) in [5.74, 6) is 1.75. The third kappa shape index (κ3) is 5.38. The number of benzene rings is 2. The lowest BCUT2D eigenvalue weighted by Crippen LogP contribution is -2.30. The Kier molecular flexibility index (Phi) is 7.78. The Morgan fingerprint density at radius 3 is 2.42 bits per heavy atom. The van der Waals surface area contributed by atoms with E-state index in [1.807, 2.05) is 31.2 Å². The molecule has 0 aliphatic carbocycles. The number of nitrogens with zero attached hydrogens (tertiary/aromatic N) is 1. The molecule has 0 radical (unpaired) electrons. The first-order chi connectivity index (χ1) is 12.5. The third-order valence-electron chi connectivity index (χ3n) is 3.62. The van der Waals surface area contributed by atoms with Crippen molar-refractivity contribution in [3.05, 3.63) is 50.9 Å². The van der Waals surface area contributed by atoms with Gasteiger partial charge in [0.25, 0.3) is 5.91 Å². The van der Waals surface area contributed by atoms with E-state index in [4.69, 9.17) is 14.2 Å². The number of carbonyl (C=O) groups excluding carboxylic acids is 1. The van der Waals surface area contributed by atoms with Crippen LogP contribution >= 0.6 is 31.9 Å². The maximum absolute atomic E-state index is 12.7. The van der Waals surface area contributed by atoms with E-state index < -0.39 is 0 Å². The van der Waals surface area contributed by atoms with Crippen LogP contribution in [0.1, 0.15) is 17.3 Å². The second-order valence-corrected chi connectivity index (χ2v) is 7.22. The number of carbonyl (C=O) groups is 1. The van der Waals surface area contributed by atoms with Crippen LogP contribution in [0.15, 0.2) is 45.3 Å². The summed E-state index contributed by atoms with van der Waals surface area (Å²) in [7, 11) is 3.29. The summed E-state index contributed by atoms with van der Waals surface area (Å²) in [6.07, 6.45) is 0. The Labute approximate surface area is 170 Å². The Hall–Kier alpha value is -1.73. The Morgan fingerprint density at radius 2 is 1.81 bits per heavy atom. The number of hydrogen-bond donors (Lipinski definition) is 0. The van der Waals surface area contributed by atoms with Crippen molar-refractivity contribution in [2.24, 2.45) is 0 Å². The molecular weight excluding hydrogens is 466 g/mol. The molecule has 0 aliphatic heterocycles. The smallest absolute Gasteiger partial charge is 0.253 e. The average Bonchev–Trinajstić information content (AvgIpc) is 2.64. The van der Waals surface area contributed by atoms with Gasteiger partial charge in [-0.15, -0.1) is 0 Å². The molecule has 2 rings (SSSR count). The van der Waals surface area contributed by atoms with Gasteiger partial charge in [-0.05, 0) is 59.3 Å². The van der Waals surface area contributed by atoms with Gasteiger partial charge < -0.3 is 19.1 Å². The molecule has 26 heavy (non-hydrogen) atoms. The Bertz CT molecular complexity index is 750. The molecule has 0 aromatic heterocycles. The summed E-state index contributed by atoms with van der Waals surface area (Å²) in [6.45, 7) is 3.26. The van der Waals surface area contributed by atoms with Crippen LogP contribution in [0.3, 0.4) is 0 Å². The van der Waals surface area contributed by atoms with E-state index in [2.05, 4.69) is 31.9 Å². The topological polar surface area (TPSA) is 48.0 Å². The second kappa shape index (κ2) is 9.83. The lowest BCUT2D eigenvalue weighted by atomic mass is 10.1. The third-order valence-corrected chi connectivity index (χ3v) is 4.74. The van der Waals surface area contributed by atoms with Crippen LogP contribution in [0.4, 0.5) is 0 Å². The van der Waals surface area contributed by atoms with Crippen LogP contribution in [0, 0.1) is 0 Å². The number of amides is 1. The minimum Gasteiger partial charge on any atom is -0.493 e. The van der Waals surface area contributed by atoms with Crippen LogP contribution < -0.4 is 14.2 Å². The quantitative estimate of drug-likeness (QED) is 0.539. The summed E-state index contributed by atoms with van der Waals surface area (Å²) >= 11 is 6.82. The second-order valence-electron chi connectivity index (χ2n) is 5.45. The number of likely N-dealkylation sites (N-methyl/N-ethyl adjacent to an activating group) is 1. The van der Waals surface area contributed by atoms with Crippen LogP contribution in [-0.4, -0.2) is 44.7 Å². The molecule has 7 heteroatoms. The van der Waals surface area contributed by atoms with Gasteiger partial charge in [-0.25, -0.2) is 0 Å². The molecule has 0 unspecified atom stereocenters. The van der Waals surface area contributed by atoms with Crippen molar-refractivity contribution < 1.29 is 19.0 Å². The average molecular weight is 487 g/mol. The van der Waals surface area contributed by atoms with Gasteiger partial charge in [-0.2, -0.15) is 0 Å². The van der Waals surface area contributed by atoms with Crippen LogP contribution in [-0.2, 0) is 0 Å². The maximum Gasteiger partial charge on any atom is 0.253 e. The molecule has 5 nitrogen and oxygen atoms in total. The number of rotatable bonds is 8. The molecule has 2 aromatic rings. The van der Waals surface area contributed by atoms with Crippen molar-refractivity contribution in [2.75, 3.05) is 33.9 Å². The monoisotopic (exact) mass is 485 g/mol. The summed E-state index contributed by atoms with van der Waals surface area (Å²) in [4.78, 5) is 14.3. The number of halogens is 2. The van der Waals surface area contributed by atoms with E-state index >= 15 is 0 Å². The summed E-state index contributed by atoms with van der Waals surface area (Å²) in [5, 5.41) is 0. The zero-order chi connectivity index (χ0) is 19.1. The number of methoxy groups -OCH3 is 1. The van der Waals surface area contributed by atoms with E-state index in [1.54, 1.807) is 31.2 Å². The van der Waals surface area contributed by atoms with Gasteiger partial charge in [-0.1, -0.05) is 15.9 Å². The Balaban J connectivity index is 2.00. The minimum atomic E-state index is -0.119. The highest BCUT2D eigenvalue weighted by Crippen LogP contribution is 2.36. The zero-order valence-corrected chi connectivity index (χ0v) is 18.1. The normalized spacial score (nSPS) is 10.3. The molecule has 0 bridgehead atoms. The minimum absolute atomic E-state index is 0.119. The molecule has 0 saturated carbocycles. The van der Waals surface area contributed by atoms with Crippen molar-refractivity contribution in [1.29, 1.82) is 0 Å². The highest BCUT2D eigenvalue weighted by Gasteiger charge is 2.18. The van der Waals surface area contributed by atoms with Crippen molar-refractivity contribution in [2.45, 2.75) is 6.92 Å². The molecule has 140 valence electrons. The predicted molar refractivity (Wildman–Crippen MR) is 108 cm³/mol. The lowest BCUT2D eigenvalue weighted by molar-refractivity contribution is 0.0773. The zero-order valence-electron chi connectivity index (χ0n) is 14.9. The number of ether oxygens (including phenoxy) is 3. The SMILES string of the molecule is CCOc1c(Br)cc(C(=O)N(C)CCOc2ccc(Br)cc2)cc1OC. The first-order valence-electron chi connectivity index (χ1n) is 8.10. The molecule has 0 spiro atoms. The predicted octanol–water partition coefficient (Wildman–Crippen LogP) is 4.77. The van der Waals surface area contributed by atoms with Gasteiger partial charge in [0.15, 0.2) is 11.5 Å². The summed E-state index contributed by atoms with van der Waals surface area (Å²) in [6, 6.07) is 11.0. The van der Waals surface area contributed by atoms with Gasteiger partial charge in [0.2, 0.25) is 0 Å². The fraction of sp³-hybridized carbons (Fsp3) is 0.316. The summed E-state index contributed by atoms with van der Waals surface area (Å²) in [5.41, 5.74) is 0.517. The van der Waals surface area contributed by atoms with Crippen LogP contribution in [0.5, 0.6) is 17.2 Å². The molecule has 0 N–H and O–H groups in total. The van der Waals surface area contributed by atoms with Crippen molar-refractivity contribution in [3.8, 4) is 17.2 Å². The van der Waals surface area contributed by atoms with E-state index in [9.17, 15) is 4.79 Å². The largest absolute Gasteiger partial charge is 0.493 e. The summed E-state index contributed by atoms with van der Waals surface area (Å²) < 4.78 is 18.2. The van der Waals surface area contributed by atoms with E-state index in [1.165, 1.54) is 0 Å². The molecule has 0 atom stereocenters. The fourth-order valence-corrected chi connectivity index (χ4v) is 3.10. The van der Waals surface area contributed by atoms with Gasteiger partial charge >= 0.3 is 0 Å². The molecular formula is C19H21Br2NO4. The molecule has 2 aromatic carbocycles. The van der Waals surface area contributed by atoms with Crippen molar-refractivity contribution in [3.63, 3.8) is 0 Å². The maximum atomic E-state index is 12.7. The van der Waals surface area contributed by atoms with Crippen LogP contribution in [0.2, 0.25) is 0 Å². The Morgan fingerprint density at radius 1 is 1.12 bits per heavy atom. The first kappa shape index (κ1) is 20.6. The fourth-order valence-electron chi connectivity index (χ4n) is 2.28. The van der Waals surface area contributed by atoms with Gasteiger partial charge in [0.1, 0.15) is 12.4 Å². The van der Waals surface area contributed by atoms with E-state index in [-0.39, 0.29) is 5.91 Å². The highest BCUT2D eigenvalue weighted by molar-refractivity contribution is 9.10. The molecule has 0 aliphatic rings. The lowest BCUT2D eigenvalue weighted by Gasteiger charge is -2.19. The van der Waals surface area contributed by atoms with Gasteiger partial charge in [-0.3, -0.25) is 4.79 Å². The number of hydrogen-bond acceptors (Lipinski definition) is 4. The molecule has 0 fully saturated rings. The van der Waals surface area contributed by atoms with Gasteiger partial charge in [0, 0.05) is 17.1 Å². The molecule has 0 saturated heterocycles. The van der Waals surface area contributed by atoms with Gasteiger partial charge in [0.05, 0.1) is 24.7 Å². The molecule has 1 amide bonds. The van der Waals surface area contributed by atoms with Crippen molar-refractivity contribution in [1.82, 2.24) is 4.90 Å².